The van der Waals surface area contributed by atoms with E-state index < -0.39 is 0 Å². The predicted octanol–water partition coefficient (Wildman–Crippen LogP) is 2.31. The van der Waals surface area contributed by atoms with Gasteiger partial charge in [0.15, 0.2) is 5.82 Å². The summed E-state index contributed by atoms with van der Waals surface area (Å²) in [6.07, 6.45) is 2.43. The molecule has 0 aliphatic carbocycles. The van der Waals surface area contributed by atoms with E-state index in [0.29, 0.717) is 17.8 Å². The molecule has 7 heteroatoms. The molecule has 1 aromatic rings. The molecule has 0 bridgehead atoms. The lowest BCUT2D eigenvalue weighted by atomic mass is 10.1. The number of halogens is 1. The van der Waals surface area contributed by atoms with E-state index in [0.717, 1.165) is 32.5 Å². The highest BCUT2D eigenvalue weighted by molar-refractivity contribution is 6.28. The SMILES string of the molecule is CC(C)CCOC1CCN(C(C)c2nc(N)nc(Cl)n2)C1. The average Bonchev–Trinajstić information content (AvgIpc) is 2.85. The molecule has 1 aliphatic heterocycles. The van der Waals surface area contributed by atoms with Crippen molar-refractivity contribution in [2.24, 2.45) is 5.92 Å². The van der Waals surface area contributed by atoms with Crippen LogP contribution in [0.4, 0.5) is 5.95 Å². The molecule has 2 unspecified atom stereocenters. The summed E-state index contributed by atoms with van der Waals surface area (Å²) < 4.78 is 5.93. The number of hydrogen-bond donors (Lipinski definition) is 1. The molecule has 1 fully saturated rings. The minimum atomic E-state index is 0.0616. The van der Waals surface area contributed by atoms with E-state index in [2.05, 4.69) is 40.6 Å². The summed E-state index contributed by atoms with van der Waals surface area (Å²) in [7, 11) is 0. The second-order valence-electron chi connectivity index (χ2n) is 5.96. The normalized spacial score (nSPS) is 21.1. The summed E-state index contributed by atoms with van der Waals surface area (Å²) >= 11 is 5.84. The lowest BCUT2D eigenvalue weighted by Gasteiger charge is -2.23. The van der Waals surface area contributed by atoms with Crippen LogP contribution < -0.4 is 5.73 Å². The Morgan fingerprint density at radius 1 is 1.33 bits per heavy atom. The molecule has 2 N–H and O–H groups in total. The maximum Gasteiger partial charge on any atom is 0.227 e. The predicted molar refractivity (Wildman–Crippen MR) is 83.0 cm³/mol. The van der Waals surface area contributed by atoms with Gasteiger partial charge in [0.25, 0.3) is 0 Å². The minimum absolute atomic E-state index is 0.0616. The van der Waals surface area contributed by atoms with Crippen LogP contribution in [0.5, 0.6) is 0 Å². The van der Waals surface area contributed by atoms with Crippen LogP contribution in [-0.2, 0) is 4.74 Å². The van der Waals surface area contributed by atoms with Gasteiger partial charge >= 0.3 is 0 Å². The number of nitrogen functional groups attached to an aromatic ring is 1. The Morgan fingerprint density at radius 2 is 2.10 bits per heavy atom. The standard InChI is InChI=1S/C14H24ClN5O/c1-9(2)5-7-21-11-4-6-20(8-11)10(3)12-17-13(15)19-14(16)18-12/h9-11H,4-8H2,1-3H3,(H2,16,17,18,19). The highest BCUT2D eigenvalue weighted by Gasteiger charge is 2.29. The number of ether oxygens (including phenoxy) is 1. The topological polar surface area (TPSA) is 77.2 Å². The lowest BCUT2D eigenvalue weighted by molar-refractivity contribution is 0.0490. The van der Waals surface area contributed by atoms with Crippen LogP contribution in [0.2, 0.25) is 5.28 Å². The van der Waals surface area contributed by atoms with Crippen LogP contribution in [-0.4, -0.2) is 45.7 Å². The summed E-state index contributed by atoms with van der Waals surface area (Å²) in [6.45, 7) is 9.17. The summed E-state index contributed by atoms with van der Waals surface area (Å²) in [4.78, 5) is 14.4. The van der Waals surface area contributed by atoms with Crippen LogP contribution in [0.15, 0.2) is 0 Å². The highest BCUT2D eigenvalue weighted by Crippen LogP contribution is 2.24. The van der Waals surface area contributed by atoms with Crippen LogP contribution in [0.3, 0.4) is 0 Å². The van der Waals surface area contributed by atoms with Crippen molar-refractivity contribution >= 4 is 17.5 Å². The first-order valence-corrected chi connectivity index (χ1v) is 7.86. The molecular weight excluding hydrogens is 290 g/mol. The Hall–Kier alpha value is -0.980. The van der Waals surface area contributed by atoms with E-state index in [4.69, 9.17) is 22.1 Å². The Labute approximate surface area is 131 Å². The molecule has 2 atom stereocenters. The van der Waals surface area contributed by atoms with Crippen LogP contribution >= 0.6 is 11.6 Å². The fraction of sp³-hybridized carbons (Fsp3) is 0.786. The molecule has 0 radical (unpaired) electrons. The average molecular weight is 314 g/mol. The first kappa shape index (κ1) is 16.4. The lowest BCUT2D eigenvalue weighted by Crippen LogP contribution is -2.28. The monoisotopic (exact) mass is 313 g/mol. The van der Waals surface area contributed by atoms with E-state index >= 15 is 0 Å². The van der Waals surface area contributed by atoms with Gasteiger partial charge < -0.3 is 10.5 Å². The number of rotatable bonds is 6. The van der Waals surface area contributed by atoms with Gasteiger partial charge in [-0.05, 0) is 37.3 Å². The Kier molecular flexibility index (Phi) is 5.72. The maximum absolute atomic E-state index is 5.93. The van der Waals surface area contributed by atoms with Crippen molar-refractivity contribution in [3.63, 3.8) is 0 Å². The van der Waals surface area contributed by atoms with Crippen molar-refractivity contribution in [1.29, 1.82) is 0 Å². The zero-order valence-corrected chi connectivity index (χ0v) is 13.7. The van der Waals surface area contributed by atoms with E-state index in [1.807, 2.05) is 0 Å². The Balaban J connectivity index is 1.88. The molecule has 118 valence electrons. The summed E-state index contributed by atoms with van der Waals surface area (Å²) in [5, 5.41) is 0.147. The van der Waals surface area contributed by atoms with Crippen LogP contribution in [0, 0.1) is 5.92 Å². The zero-order chi connectivity index (χ0) is 15.4. The smallest absolute Gasteiger partial charge is 0.227 e. The molecule has 1 aliphatic rings. The fourth-order valence-electron chi connectivity index (χ4n) is 2.44. The third kappa shape index (κ3) is 4.76. The van der Waals surface area contributed by atoms with E-state index in [1.54, 1.807) is 0 Å². The molecule has 21 heavy (non-hydrogen) atoms. The quantitative estimate of drug-likeness (QED) is 0.868. The van der Waals surface area contributed by atoms with Crippen molar-refractivity contribution in [2.75, 3.05) is 25.4 Å². The van der Waals surface area contributed by atoms with E-state index in [9.17, 15) is 0 Å². The van der Waals surface area contributed by atoms with Gasteiger partial charge in [-0.1, -0.05) is 13.8 Å². The van der Waals surface area contributed by atoms with Crippen molar-refractivity contribution in [2.45, 2.75) is 45.8 Å². The molecular formula is C14H24ClN5O. The minimum Gasteiger partial charge on any atom is -0.377 e. The summed E-state index contributed by atoms with van der Waals surface area (Å²) in [6, 6.07) is 0.0616. The van der Waals surface area contributed by atoms with Crippen molar-refractivity contribution in [3.8, 4) is 0 Å². The molecule has 0 amide bonds. The largest absolute Gasteiger partial charge is 0.377 e. The van der Waals surface area contributed by atoms with Gasteiger partial charge in [0.1, 0.15) is 0 Å². The van der Waals surface area contributed by atoms with Crippen molar-refractivity contribution in [3.05, 3.63) is 11.1 Å². The summed E-state index contributed by atoms with van der Waals surface area (Å²) in [5.74, 6) is 1.47. The van der Waals surface area contributed by atoms with E-state index in [-0.39, 0.29) is 17.3 Å². The third-order valence-corrected chi connectivity index (χ3v) is 3.96. The second kappa shape index (κ2) is 7.33. The molecule has 1 aromatic heterocycles. The van der Waals surface area contributed by atoms with Gasteiger partial charge in [-0.25, -0.2) is 4.98 Å². The fourth-order valence-corrected chi connectivity index (χ4v) is 2.62. The van der Waals surface area contributed by atoms with Crippen molar-refractivity contribution in [1.82, 2.24) is 19.9 Å². The number of anilines is 1. The maximum atomic E-state index is 5.93. The Bertz CT molecular complexity index is 450. The molecule has 6 nitrogen and oxygen atoms in total. The van der Waals surface area contributed by atoms with Crippen LogP contribution in [0.25, 0.3) is 0 Å². The number of nitrogens with zero attached hydrogens (tertiary/aromatic N) is 4. The number of nitrogens with two attached hydrogens (primary N) is 1. The number of aromatic nitrogens is 3. The second-order valence-corrected chi connectivity index (χ2v) is 6.29. The van der Waals surface area contributed by atoms with Gasteiger partial charge in [0, 0.05) is 19.7 Å². The molecule has 0 aromatic carbocycles. The zero-order valence-electron chi connectivity index (χ0n) is 12.9. The summed E-state index contributed by atoms with van der Waals surface area (Å²) in [5.41, 5.74) is 5.63. The molecule has 2 rings (SSSR count). The first-order chi connectivity index (χ1) is 9.95. The van der Waals surface area contributed by atoms with Gasteiger partial charge in [0.05, 0.1) is 12.1 Å². The van der Waals surface area contributed by atoms with Crippen LogP contribution in [0.1, 0.15) is 45.5 Å². The van der Waals surface area contributed by atoms with Gasteiger partial charge in [-0.2, -0.15) is 9.97 Å². The molecule has 0 spiro atoms. The molecule has 0 saturated carbocycles. The molecule has 1 saturated heterocycles. The Morgan fingerprint density at radius 3 is 2.76 bits per heavy atom. The number of likely N-dealkylation sites (tertiary alicyclic amines) is 1. The highest BCUT2D eigenvalue weighted by atomic mass is 35.5. The van der Waals surface area contributed by atoms with E-state index in [1.165, 1.54) is 0 Å². The van der Waals surface area contributed by atoms with Gasteiger partial charge in [-0.3, -0.25) is 4.90 Å². The first-order valence-electron chi connectivity index (χ1n) is 7.48. The van der Waals surface area contributed by atoms with Gasteiger partial charge in [-0.15, -0.1) is 0 Å². The number of hydrogen-bond acceptors (Lipinski definition) is 6. The van der Waals surface area contributed by atoms with Gasteiger partial charge in [0.2, 0.25) is 11.2 Å². The third-order valence-electron chi connectivity index (χ3n) is 3.79. The van der Waals surface area contributed by atoms with Crippen molar-refractivity contribution < 1.29 is 4.74 Å². The molecule has 2 heterocycles.